The Kier molecular flexibility index (Phi) is 8.53. The van der Waals surface area contributed by atoms with Gasteiger partial charge in [0.05, 0.1) is 7.11 Å². The van der Waals surface area contributed by atoms with E-state index in [4.69, 9.17) is 14.2 Å². The molecule has 0 aromatic heterocycles. The third kappa shape index (κ3) is 6.35. The Labute approximate surface area is 239 Å². The molecular formula is C34H33NO6. The van der Waals surface area contributed by atoms with E-state index in [-0.39, 0.29) is 25.6 Å². The lowest BCUT2D eigenvalue weighted by molar-refractivity contribution is -0.139. The summed E-state index contributed by atoms with van der Waals surface area (Å²) in [4.78, 5) is 24.8. The lowest BCUT2D eigenvalue weighted by Crippen LogP contribution is -2.42. The number of carbonyl (C=O) groups is 2. The average molecular weight is 552 g/mol. The van der Waals surface area contributed by atoms with Gasteiger partial charge in [0, 0.05) is 17.9 Å². The predicted molar refractivity (Wildman–Crippen MR) is 156 cm³/mol. The molecule has 0 saturated carbocycles. The molecule has 7 heteroatoms. The van der Waals surface area contributed by atoms with Gasteiger partial charge in [0.2, 0.25) is 0 Å². The van der Waals surface area contributed by atoms with E-state index in [2.05, 4.69) is 24.4 Å². The number of hydrogen-bond donors (Lipinski definition) is 2. The number of fused-ring (bicyclic) bond motifs is 3. The number of aliphatic carboxylic acids is 1. The number of methoxy groups -OCH3 is 1. The first-order valence-corrected chi connectivity index (χ1v) is 13.7. The number of hydrogen-bond acceptors (Lipinski definition) is 5. The largest absolute Gasteiger partial charge is 0.496 e. The van der Waals surface area contributed by atoms with Crippen LogP contribution < -0.4 is 14.8 Å². The zero-order valence-corrected chi connectivity index (χ0v) is 23.1. The number of nitrogens with one attached hydrogen (secondary N) is 1. The molecule has 1 aliphatic carbocycles. The molecule has 5 rings (SSSR count). The van der Waals surface area contributed by atoms with Crippen LogP contribution in [0.4, 0.5) is 4.79 Å². The molecule has 4 aromatic rings. The van der Waals surface area contributed by atoms with Gasteiger partial charge in [-0.25, -0.2) is 9.59 Å². The Hall–Kier alpha value is -4.78. The zero-order valence-electron chi connectivity index (χ0n) is 23.1. The van der Waals surface area contributed by atoms with Crippen molar-refractivity contribution in [1.82, 2.24) is 5.32 Å². The van der Waals surface area contributed by atoms with Gasteiger partial charge in [-0.05, 0) is 64.1 Å². The maximum absolute atomic E-state index is 12.8. The van der Waals surface area contributed by atoms with Gasteiger partial charge in [-0.1, -0.05) is 73.7 Å². The molecule has 0 aliphatic heterocycles. The molecule has 1 atom stereocenters. The van der Waals surface area contributed by atoms with Crippen LogP contribution >= 0.6 is 0 Å². The highest BCUT2D eigenvalue weighted by atomic mass is 16.5. The normalized spacial score (nSPS) is 12.6. The standard InChI is InChI=1S/C34H33NO6/c1-3-22-12-15-25(16-13-22)40-20-24-18-23(14-17-32(24)39-2)19-31(33(36)37)35-34(38)41-21-30-28-10-6-4-8-26(28)27-9-5-7-11-29(27)30/h4-18,30-31H,3,19-21H2,1-2H3,(H,35,38)(H,36,37). The maximum Gasteiger partial charge on any atom is 0.407 e. The summed E-state index contributed by atoms with van der Waals surface area (Å²) >= 11 is 0. The highest BCUT2D eigenvalue weighted by molar-refractivity contribution is 5.81. The van der Waals surface area contributed by atoms with E-state index in [9.17, 15) is 14.7 Å². The summed E-state index contributed by atoms with van der Waals surface area (Å²) in [6.45, 7) is 2.45. The van der Waals surface area contributed by atoms with Crippen molar-refractivity contribution in [2.45, 2.75) is 38.3 Å². The minimum Gasteiger partial charge on any atom is -0.496 e. The van der Waals surface area contributed by atoms with Gasteiger partial charge >= 0.3 is 12.1 Å². The third-order valence-electron chi connectivity index (χ3n) is 7.44. The number of benzene rings is 4. The third-order valence-corrected chi connectivity index (χ3v) is 7.44. The molecule has 4 aromatic carbocycles. The van der Waals surface area contributed by atoms with Crippen LogP contribution in [0.25, 0.3) is 11.1 Å². The van der Waals surface area contributed by atoms with E-state index in [0.717, 1.165) is 45.6 Å². The van der Waals surface area contributed by atoms with E-state index in [1.165, 1.54) is 5.56 Å². The SMILES string of the molecule is CCc1ccc(OCc2cc(CC(NC(=O)OCC3c4ccccc4-c4ccccc43)C(=O)O)ccc2OC)cc1. The number of carboxylic acids is 1. The van der Waals surface area contributed by atoms with E-state index in [0.29, 0.717) is 5.75 Å². The van der Waals surface area contributed by atoms with Gasteiger partial charge in [-0.2, -0.15) is 0 Å². The Morgan fingerprint density at radius 1 is 0.878 bits per heavy atom. The summed E-state index contributed by atoms with van der Waals surface area (Å²) in [6, 6.07) is 28.2. The lowest BCUT2D eigenvalue weighted by Gasteiger charge is -2.18. The van der Waals surface area contributed by atoms with Crippen molar-refractivity contribution in [3.05, 3.63) is 119 Å². The van der Waals surface area contributed by atoms with Gasteiger partial charge < -0.3 is 24.6 Å². The second-order valence-electron chi connectivity index (χ2n) is 10.00. The number of amides is 1. The van der Waals surface area contributed by atoms with Crippen molar-refractivity contribution in [2.75, 3.05) is 13.7 Å². The first-order chi connectivity index (χ1) is 20.0. The van der Waals surface area contributed by atoms with E-state index in [1.54, 1.807) is 19.2 Å². The Balaban J connectivity index is 1.22. The van der Waals surface area contributed by atoms with Crippen molar-refractivity contribution < 1.29 is 28.9 Å². The summed E-state index contributed by atoms with van der Waals surface area (Å²) in [5, 5.41) is 12.4. The Bertz CT molecular complexity index is 1490. The smallest absolute Gasteiger partial charge is 0.407 e. The van der Waals surface area contributed by atoms with Crippen molar-refractivity contribution >= 4 is 12.1 Å². The molecule has 0 heterocycles. The summed E-state index contributed by atoms with van der Waals surface area (Å²) in [5.41, 5.74) is 7.14. The average Bonchev–Trinajstić information content (AvgIpc) is 3.32. The number of carbonyl (C=O) groups excluding carboxylic acids is 1. The number of aryl methyl sites for hydroxylation is 1. The van der Waals surface area contributed by atoms with Crippen molar-refractivity contribution in [3.8, 4) is 22.6 Å². The molecule has 41 heavy (non-hydrogen) atoms. The van der Waals surface area contributed by atoms with Crippen LogP contribution in [0.15, 0.2) is 91.0 Å². The second-order valence-corrected chi connectivity index (χ2v) is 10.00. The summed E-state index contributed by atoms with van der Waals surface area (Å²) in [6.07, 6.45) is 0.249. The molecule has 0 bridgehead atoms. The molecule has 0 saturated heterocycles. The predicted octanol–water partition coefficient (Wildman–Crippen LogP) is 6.37. The minimum absolute atomic E-state index is 0.0712. The molecule has 0 spiro atoms. The molecule has 1 aliphatic rings. The maximum atomic E-state index is 12.8. The van der Waals surface area contributed by atoms with Crippen LogP contribution in [-0.2, 0) is 29.0 Å². The van der Waals surface area contributed by atoms with Gasteiger partial charge in [0.15, 0.2) is 0 Å². The molecule has 0 radical (unpaired) electrons. The van der Waals surface area contributed by atoms with E-state index < -0.39 is 18.1 Å². The van der Waals surface area contributed by atoms with Crippen LogP contribution in [0, 0.1) is 0 Å². The Morgan fingerprint density at radius 2 is 1.51 bits per heavy atom. The highest BCUT2D eigenvalue weighted by Gasteiger charge is 2.30. The topological polar surface area (TPSA) is 94.1 Å². The van der Waals surface area contributed by atoms with Crippen LogP contribution in [-0.4, -0.2) is 36.9 Å². The van der Waals surface area contributed by atoms with Crippen molar-refractivity contribution in [1.29, 1.82) is 0 Å². The van der Waals surface area contributed by atoms with Crippen LogP contribution in [0.1, 0.15) is 40.7 Å². The fourth-order valence-electron chi connectivity index (χ4n) is 5.27. The Morgan fingerprint density at radius 3 is 2.12 bits per heavy atom. The molecule has 210 valence electrons. The van der Waals surface area contributed by atoms with Gasteiger partial charge in [-0.3, -0.25) is 0 Å². The summed E-state index contributed by atoms with van der Waals surface area (Å²) in [7, 11) is 1.58. The number of alkyl carbamates (subject to hydrolysis) is 1. The molecule has 1 amide bonds. The molecule has 0 fully saturated rings. The second kappa shape index (κ2) is 12.6. The lowest BCUT2D eigenvalue weighted by atomic mass is 9.98. The quantitative estimate of drug-likeness (QED) is 0.225. The molecular weight excluding hydrogens is 518 g/mol. The first-order valence-electron chi connectivity index (χ1n) is 13.7. The summed E-state index contributed by atoms with van der Waals surface area (Å²) in [5.74, 6) is 0.104. The number of ether oxygens (including phenoxy) is 3. The van der Waals surface area contributed by atoms with Crippen LogP contribution in [0.2, 0.25) is 0 Å². The molecule has 2 N–H and O–H groups in total. The van der Waals surface area contributed by atoms with Crippen molar-refractivity contribution in [3.63, 3.8) is 0 Å². The summed E-state index contributed by atoms with van der Waals surface area (Å²) < 4.78 is 17.0. The highest BCUT2D eigenvalue weighted by Crippen LogP contribution is 2.44. The van der Waals surface area contributed by atoms with Crippen LogP contribution in [0.3, 0.4) is 0 Å². The number of rotatable bonds is 11. The van der Waals surface area contributed by atoms with Crippen LogP contribution in [0.5, 0.6) is 11.5 Å². The molecule has 7 nitrogen and oxygen atoms in total. The van der Waals surface area contributed by atoms with Crippen molar-refractivity contribution in [2.24, 2.45) is 0 Å². The molecule has 1 unspecified atom stereocenters. The fraction of sp³-hybridized carbons (Fsp3) is 0.235. The fourth-order valence-corrected chi connectivity index (χ4v) is 5.27. The van der Waals surface area contributed by atoms with Gasteiger partial charge in [-0.15, -0.1) is 0 Å². The van der Waals surface area contributed by atoms with E-state index >= 15 is 0 Å². The van der Waals surface area contributed by atoms with E-state index in [1.807, 2.05) is 66.7 Å². The monoisotopic (exact) mass is 551 g/mol. The number of carboxylic acid groups (broad SMARTS) is 1. The first kappa shape index (κ1) is 27.8. The minimum atomic E-state index is -1.17. The van der Waals surface area contributed by atoms with Gasteiger partial charge in [0.1, 0.15) is 30.8 Å². The van der Waals surface area contributed by atoms with Gasteiger partial charge in [0.25, 0.3) is 0 Å². The zero-order chi connectivity index (χ0) is 28.8.